The first-order chi connectivity index (χ1) is 24.4. The molecule has 7 atom stereocenters. The van der Waals surface area contributed by atoms with Crippen molar-refractivity contribution in [3.8, 4) is 51.6 Å². The van der Waals surface area contributed by atoms with Crippen LogP contribution in [0.15, 0.2) is 82.0 Å². The summed E-state index contributed by atoms with van der Waals surface area (Å²) in [6, 6.07) is 15.1. The van der Waals surface area contributed by atoms with E-state index < -0.39 is 94.5 Å². The zero-order valence-electron chi connectivity index (χ0n) is 26.2. The van der Waals surface area contributed by atoms with E-state index >= 15 is 0 Å². The highest BCUT2D eigenvalue weighted by Crippen LogP contribution is 2.52. The minimum Gasteiger partial charge on any atom is -0.508 e. The van der Waals surface area contributed by atoms with Crippen LogP contribution in [0.5, 0.6) is 40.2 Å². The molecule has 0 amide bonds. The average Bonchev–Trinajstić information content (AvgIpc) is 3.09. The van der Waals surface area contributed by atoms with Crippen molar-refractivity contribution in [2.75, 3.05) is 6.61 Å². The van der Waals surface area contributed by atoms with E-state index in [9.17, 15) is 55.5 Å². The maximum atomic E-state index is 14.7. The summed E-state index contributed by atoms with van der Waals surface area (Å²) in [6.45, 7) is -0.799. The lowest BCUT2D eigenvalue weighted by molar-refractivity contribution is -0.277. The van der Waals surface area contributed by atoms with Crippen LogP contribution in [-0.4, -0.2) is 89.1 Å². The highest BCUT2D eigenvalue weighted by Gasteiger charge is 2.48. The fraction of sp³-hybridized carbons (Fsp3) is 0.222. The van der Waals surface area contributed by atoms with E-state index in [1.807, 2.05) is 0 Å². The SMILES string of the molecule is O=C1c2c(O)cc(O)cc2OC(c2ccc(O)cc2)C1c1c(OC2O[C@H](CO)[C@@H](O)[C@H](O)[C@H]2O)cc(O)c2c(=O)cc(-c3ccc(O)cc3)oc12. The lowest BCUT2D eigenvalue weighted by Gasteiger charge is -2.40. The Labute approximate surface area is 286 Å². The van der Waals surface area contributed by atoms with Gasteiger partial charge in [-0.15, -0.1) is 0 Å². The molecule has 5 aromatic rings. The van der Waals surface area contributed by atoms with Crippen molar-refractivity contribution in [1.29, 1.82) is 0 Å². The van der Waals surface area contributed by atoms with Gasteiger partial charge in [0.2, 0.25) is 6.29 Å². The van der Waals surface area contributed by atoms with E-state index in [1.54, 1.807) is 0 Å². The van der Waals surface area contributed by atoms with Crippen molar-refractivity contribution in [1.82, 2.24) is 0 Å². The maximum absolute atomic E-state index is 14.7. The van der Waals surface area contributed by atoms with Crippen LogP contribution in [0, 0.1) is 0 Å². The van der Waals surface area contributed by atoms with Crippen LogP contribution in [-0.2, 0) is 4.74 Å². The smallest absolute Gasteiger partial charge is 0.229 e. The number of aromatic hydroxyl groups is 5. The molecule has 15 heteroatoms. The van der Waals surface area contributed by atoms with Crippen LogP contribution < -0.4 is 14.9 Å². The van der Waals surface area contributed by atoms with E-state index in [4.69, 9.17) is 18.6 Å². The Morgan fingerprint density at radius 3 is 2.06 bits per heavy atom. The van der Waals surface area contributed by atoms with Gasteiger partial charge in [-0.1, -0.05) is 12.1 Å². The number of phenols is 5. The lowest BCUT2D eigenvalue weighted by atomic mass is 9.79. The summed E-state index contributed by atoms with van der Waals surface area (Å²) in [5.41, 5.74) is -1.23. The number of benzene rings is 4. The first-order valence-electron chi connectivity index (χ1n) is 15.5. The van der Waals surface area contributed by atoms with E-state index in [0.29, 0.717) is 5.56 Å². The Bertz CT molecular complexity index is 2190. The Hall–Kier alpha value is -5.84. The molecule has 1 fully saturated rings. The molecule has 2 aliphatic rings. The quantitative estimate of drug-likeness (QED) is 0.123. The predicted octanol–water partition coefficient (Wildman–Crippen LogP) is 2.27. The van der Waals surface area contributed by atoms with Crippen molar-refractivity contribution in [2.45, 2.75) is 42.7 Å². The molecule has 51 heavy (non-hydrogen) atoms. The molecule has 0 aliphatic carbocycles. The van der Waals surface area contributed by atoms with Crippen LogP contribution >= 0.6 is 0 Å². The summed E-state index contributed by atoms with van der Waals surface area (Å²) in [6.07, 6.45) is -10.2. The number of aliphatic hydroxyl groups is 4. The van der Waals surface area contributed by atoms with Gasteiger partial charge >= 0.3 is 0 Å². The predicted molar refractivity (Wildman–Crippen MR) is 174 cm³/mol. The summed E-state index contributed by atoms with van der Waals surface area (Å²) in [7, 11) is 0. The van der Waals surface area contributed by atoms with Gasteiger partial charge in [-0.2, -0.15) is 0 Å². The molecule has 4 aromatic carbocycles. The summed E-state index contributed by atoms with van der Waals surface area (Å²) in [5, 5.41) is 93.3. The molecular formula is C36H30O15. The monoisotopic (exact) mass is 702 g/mol. The number of aliphatic hydroxyl groups excluding tert-OH is 4. The van der Waals surface area contributed by atoms with Crippen LogP contribution in [0.2, 0.25) is 0 Å². The molecule has 0 bridgehead atoms. The molecule has 0 spiro atoms. The summed E-state index contributed by atoms with van der Waals surface area (Å²) in [5.74, 6) is -5.16. The molecule has 2 aliphatic heterocycles. The first-order valence-corrected chi connectivity index (χ1v) is 15.5. The second kappa shape index (κ2) is 12.8. The molecule has 3 heterocycles. The third-order valence-electron chi connectivity index (χ3n) is 8.91. The fourth-order valence-electron chi connectivity index (χ4n) is 6.39. The average molecular weight is 703 g/mol. The Morgan fingerprint density at radius 1 is 0.725 bits per heavy atom. The van der Waals surface area contributed by atoms with Gasteiger partial charge in [0.15, 0.2) is 11.2 Å². The minimum absolute atomic E-state index is 0.0725. The van der Waals surface area contributed by atoms with Gasteiger partial charge < -0.3 is 64.6 Å². The maximum Gasteiger partial charge on any atom is 0.229 e. The summed E-state index contributed by atoms with van der Waals surface area (Å²) in [4.78, 5) is 28.4. The number of phenolic OH excluding ortho intramolecular Hbond substituents is 5. The van der Waals surface area contributed by atoms with Crippen LogP contribution in [0.1, 0.15) is 33.5 Å². The zero-order valence-corrected chi connectivity index (χ0v) is 26.2. The largest absolute Gasteiger partial charge is 0.508 e. The van der Waals surface area contributed by atoms with Crippen molar-refractivity contribution < 1.29 is 69.4 Å². The third-order valence-corrected chi connectivity index (χ3v) is 8.91. The number of Topliss-reactive ketones (excluding diaryl/α,β-unsaturated/α-hetero) is 1. The fourth-order valence-corrected chi connectivity index (χ4v) is 6.39. The van der Waals surface area contributed by atoms with E-state index in [1.165, 1.54) is 48.5 Å². The van der Waals surface area contributed by atoms with Gasteiger partial charge in [-0.05, 0) is 42.0 Å². The lowest BCUT2D eigenvalue weighted by Crippen LogP contribution is -2.60. The van der Waals surface area contributed by atoms with Gasteiger partial charge in [-0.25, -0.2) is 0 Å². The second-order valence-electron chi connectivity index (χ2n) is 12.2. The second-order valence-corrected chi connectivity index (χ2v) is 12.2. The van der Waals surface area contributed by atoms with Gasteiger partial charge in [0.1, 0.15) is 93.1 Å². The molecule has 15 nitrogen and oxygen atoms in total. The Kier molecular flexibility index (Phi) is 8.45. The van der Waals surface area contributed by atoms with Crippen molar-refractivity contribution in [2.24, 2.45) is 0 Å². The van der Waals surface area contributed by atoms with Crippen LogP contribution in [0.3, 0.4) is 0 Å². The van der Waals surface area contributed by atoms with Gasteiger partial charge in [-0.3, -0.25) is 9.59 Å². The Morgan fingerprint density at radius 2 is 1.39 bits per heavy atom. The Balaban J connectivity index is 1.53. The molecule has 7 rings (SSSR count). The number of hydrogen-bond acceptors (Lipinski definition) is 15. The number of fused-ring (bicyclic) bond motifs is 2. The standard InChI is InChI=1S/C36H30O15/c37-13-25-30(44)32(46)33(47)36(51-25)50-24-12-21(43)26-20(42)11-22(14-1-5-16(38)6-2-14)48-35(26)28(24)29-31(45)27-19(41)9-18(40)10-23(27)49-34(29)15-3-7-17(39)8-4-15/h1-12,25,29-30,32-34,36-41,43-44,46-47H,13H2/t25-,29?,30-,32+,33-,34?,36?/m1/s1. The van der Waals surface area contributed by atoms with Crippen molar-refractivity contribution >= 4 is 16.8 Å². The number of carbonyl (C=O) groups excluding carboxylic acids is 1. The van der Waals surface area contributed by atoms with Crippen molar-refractivity contribution in [3.63, 3.8) is 0 Å². The van der Waals surface area contributed by atoms with Crippen LogP contribution in [0.4, 0.5) is 0 Å². The normalized spacial score (nSPS) is 24.5. The highest BCUT2D eigenvalue weighted by atomic mass is 16.7. The zero-order chi connectivity index (χ0) is 36.3. The van der Waals surface area contributed by atoms with Gasteiger partial charge in [0, 0.05) is 29.8 Å². The van der Waals surface area contributed by atoms with E-state index in [-0.39, 0.29) is 39.7 Å². The molecule has 264 valence electrons. The number of carbonyl (C=O) groups is 1. The summed E-state index contributed by atoms with van der Waals surface area (Å²) < 4.78 is 24.1. The van der Waals surface area contributed by atoms with Crippen LogP contribution in [0.25, 0.3) is 22.3 Å². The molecule has 0 saturated carbocycles. The third kappa shape index (κ3) is 5.82. The van der Waals surface area contributed by atoms with Gasteiger partial charge in [0.05, 0.1) is 18.1 Å². The van der Waals surface area contributed by atoms with E-state index in [2.05, 4.69) is 0 Å². The summed E-state index contributed by atoms with van der Waals surface area (Å²) >= 11 is 0. The molecule has 1 aromatic heterocycles. The molecule has 9 N–H and O–H groups in total. The number of ketones is 1. The van der Waals surface area contributed by atoms with Crippen molar-refractivity contribution in [3.05, 3.63) is 99.7 Å². The number of ether oxygens (including phenoxy) is 3. The number of rotatable bonds is 6. The number of hydrogen-bond donors (Lipinski definition) is 9. The topological polar surface area (TPSA) is 257 Å². The molecular weight excluding hydrogens is 672 g/mol. The molecule has 1 saturated heterocycles. The first kappa shape index (κ1) is 33.6. The molecule has 0 radical (unpaired) electrons. The molecule has 3 unspecified atom stereocenters. The van der Waals surface area contributed by atoms with E-state index in [0.717, 1.165) is 24.3 Å². The minimum atomic E-state index is -1.94. The van der Waals surface area contributed by atoms with Gasteiger partial charge in [0.25, 0.3) is 0 Å². The highest BCUT2D eigenvalue weighted by molar-refractivity contribution is 6.09.